The van der Waals surface area contributed by atoms with Gasteiger partial charge in [-0.3, -0.25) is 0 Å². The first-order chi connectivity index (χ1) is 4.72. The Balaban J connectivity index is 3.90. The maximum absolute atomic E-state index is 4.16. The average molecular weight is 158 g/mol. The number of nitrogens with one attached hydrogen (secondary N) is 1. The van der Waals surface area contributed by atoms with E-state index in [0.29, 0.717) is 5.92 Å². The van der Waals surface area contributed by atoms with Crippen molar-refractivity contribution in [1.29, 1.82) is 0 Å². The second-order valence-corrected chi connectivity index (χ2v) is 2.88. The summed E-state index contributed by atoms with van der Waals surface area (Å²) < 4.78 is 4.16. The zero-order valence-electron chi connectivity index (χ0n) is 6.72. The molecule has 0 aromatic heterocycles. The second-order valence-electron chi connectivity index (χ2n) is 2.15. The number of hydrogen-bond acceptors (Lipinski definition) is 2. The van der Waals surface area contributed by atoms with E-state index in [-0.39, 0.29) is 0 Å². The second kappa shape index (κ2) is 5.35. The predicted molar refractivity (Wildman–Crippen MR) is 49.1 cm³/mol. The molecule has 58 valence electrons. The molecule has 0 saturated carbocycles. The molecule has 0 heterocycles. The third-order valence-corrected chi connectivity index (χ3v) is 1.48. The fraction of sp³-hybridized carbons (Fsp3) is 0.571. The van der Waals surface area contributed by atoms with Crippen LogP contribution in [0.1, 0.15) is 13.8 Å². The molecule has 0 radical (unpaired) electrons. The number of hydrogen-bond donors (Lipinski definition) is 1. The van der Waals surface area contributed by atoms with Crippen LogP contribution in [0, 0.1) is 5.92 Å². The molecule has 1 N–H and O–H groups in total. The topological polar surface area (TPSA) is 24.4 Å². The van der Waals surface area contributed by atoms with Crippen molar-refractivity contribution < 1.29 is 0 Å². The Kier molecular flexibility index (Phi) is 5.12. The summed E-state index contributed by atoms with van der Waals surface area (Å²) in [7, 11) is 1.88. The molecule has 0 bridgehead atoms. The van der Waals surface area contributed by atoms with Gasteiger partial charge in [0.05, 0.1) is 0 Å². The molecule has 0 fully saturated rings. The molecule has 0 aliphatic rings. The molecule has 0 aliphatic heterocycles. The molecule has 0 rings (SSSR count). The average Bonchev–Trinajstić information content (AvgIpc) is 1.89. The van der Waals surface area contributed by atoms with E-state index in [1.807, 2.05) is 7.05 Å². The van der Waals surface area contributed by atoms with Crippen molar-refractivity contribution in [2.75, 3.05) is 7.05 Å². The van der Waals surface area contributed by atoms with Gasteiger partial charge in [0.1, 0.15) is 5.84 Å². The lowest BCUT2D eigenvalue weighted by molar-refractivity contribution is 0.842. The van der Waals surface area contributed by atoms with Crippen LogP contribution in [0.15, 0.2) is 16.4 Å². The van der Waals surface area contributed by atoms with Crippen molar-refractivity contribution in [1.82, 2.24) is 5.32 Å². The molecule has 0 saturated heterocycles. The minimum absolute atomic E-state index is 0.456. The third kappa shape index (κ3) is 3.56. The van der Waals surface area contributed by atoms with Crippen LogP contribution in [0.3, 0.4) is 0 Å². The summed E-state index contributed by atoms with van der Waals surface area (Å²) in [6.45, 7) is 7.75. The first-order valence-electron chi connectivity index (χ1n) is 3.24. The monoisotopic (exact) mass is 158 g/mol. The smallest absolute Gasteiger partial charge is 0.113 e. The largest absolute Gasteiger partial charge is 0.376 e. The van der Waals surface area contributed by atoms with Gasteiger partial charge in [-0.25, -0.2) is 0 Å². The molecule has 0 unspecified atom stereocenters. The van der Waals surface area contributed by atoms with Crippen LogP contribution in [0.25, 0.3) is 0 Å². The summed E-state index contributed by atoms with van der Waals surface area (Å²) in [5.74, 6) is 1.46. The van der Waals surface area contributed by atoms with Crippen molar-refractivity contribution in [2.24, 2.45) is 10.3 Å². The van der Waals surface area contributed by atoms with Crippen LogP contribution < -0.4 is 5.32 Å². The van der Waals surface area contributed by atoms with Crippen LogP contribution in [-0.2, 0) is 0 Å². The van der Waals surface area contributed by atoms with E-state index in [9.17, 15) is 0 Å². The Labute approximate surface area is 66.9 Å². The van der Waals surface area contributed by atoms with Gasteiger partial charge in [-0.2, -0.15) is 4.40 Å². The zero-order valence-corrected chi connectivity index (χ0v) is 7.53. The third-order valence-electron chi connectivity index (χ3n) is 1.03. The number of rotatable bonds is 3. The van der Waals surface area contributed by atoms with E-state index >= 15 is 0 Å². The standard InChI is InChI=1S/C7H14N2S/c1-5-10-9-7(8-4)6(2)3/h5-6H,1H2,2-4H3,(H,8,9). The Morgan fingerprint density at radius 2 is 2.30 bits per heavy atom. The van der Waals surface area contributed by atoms with E-state index in [2.05, 4.69) is 30.1 Å². The minimum atomic E-state index is 0.456. The van der Waals surface area contributed by atoms with Gasteiger partial charge in [0, 0.05) is 24.9 Å². The zero-order chi connectivity index (χ0) is 7.98. The van der Waals surface area contributed by atoms with Gasteiger partial charge >= 0.3 is 0 Å². The van der Waals surface area contributed by atoms with Gasteiger partial charge in [-0.05, 0) is 5.41 Å². The maximum atomic E-state index is 4.16. The molecule has 0 aliphatic carbocycles. The van der Waals surface area contributed by atoms with Crippen molar-refractivity contribution >= 4 is 17.8 Å². The quantitative estimate of drug-likeness (QED) is 0.386. The van der Waals surface area contributed by atoms with Gasteiger partial charge < -0.3 is 5.32 Å². The Morgan fingerprint density at radius 1 is 1.70 bits per heavy atom. The Hall–Kier alpha value is -0.440. The van der Waals surface area contributed by atoms with Crippen LogP contribution in [0.2, 0.25) is 0 Å². The minimum Gasteiger partial charge on any atom is -0.376 e. The molecule has 10 heavy (non-hydrogen) atoms. The van der Waals surface area contributed by atoms with Crippen molar-refractivity contribution in [3.63, 3.8) is 0 Å². The molecular weight excluding hydrogens is 144 g/mol. The first-order valence-corrected chi connectivity index (χ1v) is 4.08. The molecule has 2 nitrogen and oxygen atoms in total. The first kappa shape index (κ1) is 9.56. The van der Waals surface area contributed by atoms with E-state index in [1.165, 1.54) is 11.9 Å². The SMILES string of the molecule is C=CS/N=C(\NC)C(C)C. The van der Waals surface area contributed by atoms with E-state index in [1.54, 1.807) is 5.41 Å². The van der Waals surface area contributed by atoms with Crippen LogP contribution in [-0.4, -0.2) is 12.9 Å². The summed E-state index contributed by atoms with van der Waals surface area (Å²) in [5, 5.41) is 4.73. The van der Waals surface area contributed by atoms with Gasteiger partial charge in [0.15, 0.2) is 0 Å². The highest BCUT2D eigenvalue weighted by Crippen LogP contribution is 2.05. The van der Waals surface area contributed by atoms with Gasteiger partial charge in [0.25, 0.3) is 0 Å². The van der Waals surface area contributed by atoms with Crippen molar-refractivity contribution in [3.05, 3.63) is 12.0 Å². The number of amidine groups is 1. The maximum Gasteiger partial charge on any atom is 0.113 e. The van der Waals surface area contributed by atoms with Crippen LogP contribution in [0.5, 0.6) is 0 Å². The molecule has 0 aromatic carbocycles. The summed E-state index contributed by atoms with van der Waals surface area (Å²) in [5.41, 5.74) is 0. The number of nitrogens with zero attached hydrogens (tertiary/aromatic N) is 1. The highest BCUT2D eigenvalue weighted by atomic mass is 32.2. The fourth-order valence-corrected chi connectivity index (χ4v) is 1.02. The summed E-state index contributed by atoms with van der Waals surface area (Å²) >= 11 is 1.36. The fourth-order valence-electron chi connectivity index (χ4n) is 0.534. The highest BCUT2D eigenvalue weighted by Gasteiger charge is 1.99. The van der Waals surface area contributed by atoms with E-state index in [0.717, 1.165) is 5.84 Å². The predicted octanol–water partition coefficient (Wildman–Crippen LogP) is 2.05. The van der Waals surface area contributed by atoms with Gasteiger partial charge in [-0.1, -0.05) is 20.4 Å². The van der Waals surface area contributed by atoms with Gasteiger partial charge in [-0.15, -0.1) is 0 Å². The summed E-state index contributed by atoms with van der Waals surface area (Å²) in [6.07, 6.45) is 0. The lowest BCUT2D eigenvalue weighted by Gasteiger charge is -2.06. The van der Waals surface area contributed by atoms with Gasteiger partial charge in [0.2, 0.25) is 0 Å². The molecule has 0 aromatic rings. The molecule has 0 amide bonds. The Morgan fingerprint density at radius 3 is 2.60 bits per heavy atom. The molecule has 0 spiro atoms. The molecular formula is C7H14N2S. The van der Waals surface area contributed by atoms with Crippen molar-refractivity contribution in [2.45, 2.75) is 13.8 Å². The summed E-state index contributed by atoms with van der Waals surface area (Å²) in [6, 6.07) is 0. The van der Waals surface area contributed by atoms with Crippen LogP contribution >= 0.6 is 11.9 Å². The van der Waals surface area contributed by atoms with E-state index in [4.69, 9.17) is 0 Å². The summed E-state index contributed by atoms with van der Waals surface area (Å²) in [4.78, 5) is 0. The Bertz CT molecular complexity index is 130. The normalized spacial score (nSPS) is 11.8. The lowest BCUT2D eigenvalue weighted by Crippen LogP contribution is -2.23. The van der Waals surface area contributed by atoms with Crippen molar-refractivity contribution in [3.8, 4) is 0 Å². The van der Waals surface area contributed by atoms with Crippen LogP contribution in [0.4, 0.5) is 0 Å². The lowest BCUT2D eigenvalue weighted by atomic mass is 10.2. The molecule has 3 heteroatoms. The molecule has 0 atom stereocenters. The highest BCUT2D eigenvalue weighted by molar-refractivity contribution is 8.01. The van der Waals surface area contributed by atoms with E-state index < -0.39 is 0 Å².